The lowest BCUT2D eigenvalue weighted by Gasteiger charge is -2.38. The van der Waals surface area contributed by atoms with Crippen LogP contribution >= 0.6 is 38.5 Å². The summed E-state index contributed by atoms with van der Waals surface area (Å²) >= 11 is 6.01. The first-order chi connectivity index (χ1) is 16.6. The SMILES string of the molecule is CC(=NNc1ccc(I)cn1)c1ccc2c(c1)[C@@H]1C=CC[C@@H]1[C@@H](c1cc3c(cc1Br)OCO3)N2. The highest BCUT2D eigenvalue weighted by Gasteiger charge is 2.39. The van der Waals surface area contributed by atoms with Crippen molar-refractivity contribution in [3.8, 4) is 11.5 Å². The fraction of sp³-hybridized carbons (Fsp3) is 0.231. The molecule has 3 aromatic rings. The number of allylic oxidation sites excluding steroid dienone is 2. The minimum atomic E-state index is 0.172. The van der Waals surface area contributed by atoms with Gasteiger partial charge in [0.1, 0.15) is 5.82 Å². The van der Waals surface area contributed by atoms with Crippen LogP contribution < -0.4 is 20.2 Å². The van der Waals surface area contributed by atoms with Gasteiger partial charge < -0.3 is 14.8 Å². The Labute approximate surface area is 220 Å². The minimum absolute atomic E-state index is 0.172. The fourth-order valence-electron chi connectivity index (χ4n) is 4.95. The Hall–Kier alpha value is -2.59. The highest BCUT2D eigenvalue weighted by atomic mass is 127. The van der Waals surface area contributed by atoms with E-state index < -0.39 is 0 Å². The van der Waals surface area contributed by atoms with Crippen molar-refractivity contribution in [2.24, 2.45) is 11.0 Å². The molecule has 2 aliphatic heterocycles. The highest BCUT2D eigenvalue weighted by Crippen LogP contribution is 2.52. The number of anilines is 2. The molecule has 3 aliphatic rings. The van der Waals surface area contributed by atoms with E-state index in [1.54, 1.807) is 0 Å². The maximum absolute atomic E-state index is 5.66. The maximum atomic E-state index is 5.66. The van der Waals surface area contributed by atoms with Gasteiger partial charge in [0.25, 0.3) is 0 Å². The fourth-order valence-corrected chi connectivity index (χ4v) is 5.83. The van der Waals surface area contributed by atoms with Crippen LogP contribution in [-0.4, -0.2) is 17.5 Å². The molecule has 2 N–H and O–H groups in total. The second-order valence-electron chi connectivity index (χ2n) is 8.68. The first kappa shape index (κ1) is 21.9. The molecule has 6 nitrogen and oxygen atoms in total. The summed E-state index contributed by atoms with van der Waals surface area (Å²) in [6.07, 6.45) is 7.50. The number of nitrogens with zero attached hydrogens (tertiary/aromatic N) is 2. The van der Waals surface area contributed by atoms with Crippen molar-refractivity contribution < 1.29 is 9.47 Å². The van der Waals surface area contributed by atoms with Crippen LogP contribution in [0.15, 0.2) is 70.4 Å². The molecule has 0 saturated heterocycles. The Morgan fingerprint density at radius 1 is 1.15 bits per heavy atom. The van der Waals surface area contributed by atoms with Gasteiger partial charge in [-0.1, -0.05) is 34.1 Å². The molecule has 0 radical (unpaired) electrons. The van der Waals surface area contributed by atoms with E-state index in [1.165, 1.54) is 11.1 Å². The van der Waals surface area contributed by atoms with Crippen molar-refractivity contribution in [1.29, 1.82) is 0 Å². The molecule has 0 amide bonds. The molecule has 172 valence electrons. The van der Waals surface area contributed by atoms with E-state index in [2.05, 4.69) is 95.8 Å². The smallest absolute Gasteiger partial charge is 0.231 e. The van der Waals surface area contributed by atoms with E-state index >= 15 is 0 Å². The predicted octanol–water partition coefficient (Wildman–Crippen LogP) is 6.84. The summed E-state index contributed by atoms with van der Waals surface area (Å²) in [5.41, 5.74) is 8.75. The van der Waals surface area contributed by atoms with Crippen LogP contribution in [0.5, 0.6) is 11.5 Å². The van der Waals surface area contributed by atoms with Gasteiger partial charge in [-0.3, -0.25) is 5.43 Å². The van der Waals surface area contributed by atoms with Gasteiger partial charge in [-0.15, -0.1) is 0 Å². The molecule has 0 fully saturated rings. The molecule has 3 heterocycles. The summed E-state index contributed by atoms with van der Waals surface area (Å²) in [6, 6.07) is 14.8. The second kappa shape index (κ2) is 8.88. The van der Waals surface area contributed by atoms with Crippen LogP contribution in [0.3, 0.4) is 0 Å². The van der Waals surface area contributed by atoms with Crippen molar-refractivity contribution in [1.82, 2.24) is 4.98 Å². The Morgan fingerprint density at radius 2 is 2.00 bits per heavy atom. The number of rotatable bonds is 4. The lowest BCUT2D eigenvalue weighted by Crippen LogP contribution is -2.29. The average molecular weight is 629 g/mol. The van der Waals surface area contributed by atoms with Gasteiger partial charge in [0.2, 0.25) is 6.79 Å². The van der Waals surface area contributed by atoms with Crippen LogP contribution in [0.25, 0.3) is 0 Å². The number of fused-ring (bicyclic) bond motifs is 4. The molecular weight excluding hydrogens is 607 g/mol. The number of halogens is 2. The number of aromatic nitrogens is 1. The number of hydrogen-bond acceptors (Lipinski definition) is 6. The third-order valence-corrected chi connectivity index (χ3v) is 8.00. The Bertz CT molecular complexity index is 1330. The van der Waals surface area contributed by atoms with Crippen molar-refractivity contribution >= 4 is 55.7 Å². The Balaban J connectivity index is 1.30. The largest absolute Gasteiger partial charge is 0.454 e. The summed E-state index contributed by atoms with van der Waals surface area (Å²) in [6.45, 7) is 2.30. The lowest BCUT2D eigenvalue weighted by atomic mass is 9.76. The third kappa shape index (κ3) is 3.96. The van der Waals surface area contributed by atoms with E-state index in [-0.39, 0.29) is 12.8 Å². The maximum Gasteiger partial charge on any atom is 0.231 e. The van der Waals surface area contributed by atoms with Crippen molar-refractivity contribution in [3.05, 3.63) is 85.5 Å². The highest BCUT2D eigenvalue weighted by molar-refractivity contribution is 14.1. The molecule has 8 heteroatoms. The molecule has 1 aromatic heterocycles. The normalized spacial score (nSPS) is 22.2. The van der Waals surface area contributed by atoms with Crippen LogP contribution in [0.2, 0.25) is 0 Å². The average Bonchev–Trinajstić information content (AvgIpc) is 3.52. The number of hydrogen-bond donors (Lipinski definition) is 2. The topological polar surface area (TPSA) is 67.8 Å². The molecule has 0 spiro atoms. The van der Waals surface area contributed by atoms with E-state index in [0.29, 0.717) is 11.8 Å². The van der Waals surface area contributed by atoms with Crippen molar-refractivity contribution in [2.45, 2.75) is 25.3 Å². The van der Waals surface area contributed by atoms with E-state index in [9.17, 15) is 0 Å². The molecule has 0 unspecified atom stereocenters. The van der Waals surface area contributed by atoms with Crippen molar-refractivity contribution in [2.75, 3.05) is 17.5 Å². The summed E-state index contributed by atoms with van der Waals surface area (Å²) in [7, 11) is 0. The quantitative estimate of drug-likeness (QED) is 0.143. The second-order valence-corrected chi connectivity index (χ2v) is 10.8. The van der Waals surface area contributed by atoms with Crippen molar-refractivity contribution in [3.63, 3.8) is 0 Å². The Kier molecular flexibility index (Phi) is 5.73. The van der Waals surface area contributed by atoms with E-state index in [4.69, 9.17) is 9.47 Å². The number of pyridine rings is 1. The first-order valence-corrected chi connectivity index (χ1v) is 13.0. The van der Waals surface area contributed by atoms with Gasteiger partial charge in [0.05, 0.1) is 11.8 Å². The number of hydrazone groups is 1. The van der Waals surface area contributed by atoms with E-state index in [1.807, 2.05) is 31.3 Å². The zero-order valence-corrected chi connectivity index (χ0v) is 22.1. The molecular formula is C26H22BrIN4O2. The summed E-state index contributed by atoms with van der Waals surface area (Å²) < 4.78 is 13.3. The minimum Gasteiger partial charge on any atom is -0.454 e. The van der Waals surface area contributed by atoms with Gasteiger partial charge in [0, 0.05) is 25.8 Å². The van der Waals surface area contributed by atoms with Gasteiger partial charge in [-0.25, -0.2) is 4.98 Å². The van der Waals surface area contributed by atoms with Gasteiger partial charge in [-0.2, -0.15) is 5.10 Å². The molecule has 6 rings (SSSR count). The van der Waals surface area contributed by atoms with Gasteiger partial charge in [-0.05, 0) is 94.9 Å². The van der Waals surface area contributed by atoms with Crippen LogP contribution in [-0.2, 0) is 0 Å². The van der Waals surface area contributed by atoms with Crippen LogP contribution in [0.1, 0.15) is 42.0 Å². The summed E-state index contributed by atoms with van der Waals surface area (Å²) in [5, 5.41) is 8.38. The summed E-state index contributed by atoms with van der Waals surface area (Å²) in [5.74, 6) is 3.10. The first-order valence-electron chi connectivity index (χ1n) is 11.2. The van der Waals surface area contributed by atoms with Gasteiger partial charge in [0.15, 0.2) is 11.5 Å². The number of nitrogens with one attached hydrogen (secondary N) is 2. The predicted molar refractivity (Wildman–Crippen MR) is 146 cm³/mol. The van der Waals surface area contributed by atoms with Crippen LogP contribution in [0.4, 0.5) is 11.5 Å². The Morgan fingerprint density at radius 3 is 2.82 bits per heavy atom. The standard InChI is InChI=1S/C26H22BrIN4O2/c1-14(31-32-25-8-6-16(28)12-29-25)15-5-7-22-19(9-15)17-3-2-4-18(17)26(30-22)20-10-23-24(11-21(20)27)34-13-33-23/h2-3,5-12,17-18,26,30H,4,13H2,1H3,(H,29,32)/t17-,18+,26+/m1/s1. The molecule has 3 atom stereocenters. The summed E-state index contributed by atoms with van der Waals surface area (Å²) in [4.78, 5) is 4.36. The zero-order valence-electron chi connectivity index (χ0n) is 18.4. The molecule has 0 bridgehead atoms. The number of benzene rings is 2. The molecule has 34 heavy (non-hydrogen) atoms. The third-order valence-electron chi connectivity index (χ3n) is 6.67. The van der Waals surface area contributed by atoms with Crippen LogP contribution in [0, 0.1) is 9.49 Å². The molecule has 0 saturated carbocycles. The zero-order chi connectivity index (χ0) is 23.2. The molecule has 1 aliphatic carbocycles. The molecule has 2 aromatic carbocycles. The van der Waals surface area contributed by atoms with Gasteiger partial charge >= 0.3 is 0 Å². The lowest BCUT2D eigenvalue weighted by molar-refractivity contribution is 0.174. The number of ether oxygens (including phenoxy) is 2. The monoisotopic (exact) mass is 628 g/mol. The van der Waals surface area contributed by atoms with E-state index in [0.717, 1.165) is 48.7 Å².